The highest BCUT2D eigenvalue weighted by atomic mass is 16.5. The zero-order valence-electron chi connectivity index (χ0n) is 12.6. The van der Waals surface area contributed by atoms with Crippen molar-refractivity contribution in [1.82, 2.24) is 9.97 Å². The molecule has 1 atom stereocenters. The van der Waals surface area contributed by atoms with Gasteiger partial charge in [0.05, 0.1) is 31.6 Å². The Morgan fingerprint density at radius 2 is 2.05 bits per heavy atom. The first kappa shape index (κ1) is 13.9. The largest absolute Gasteiger partial charge is 0.497 e. The van der Waals surface area contributed by atoms with Gasteiger partial charge in [-0.1, -0.05) is 0 Å². The number of nitrogens with zero attached hydrogens (tertiary/aromatic N) is 1. The highest BCUT2D eigenvalue weighted by Gasteiger charge is 2.41. The number of rotatable bonds is 5. The Morgan fingerprint density at radius 3 is 2.67 bits per heavy atom. The predicted octanol–water partition coefficient (Wildman–Crippen LogP) is 2.68. The van der Waals surface area contributed by atoms with Crippen molar-refractivity contribution in [1.29, 1.82) is 0 Å². The smallest absolute Gasteiger partial charge is 0.128 e. The average Bonchev–Trinajstić information content (AvgIpc) is 3.24. The van der Waals surface area contributed by atoms with Crippen molar-refractivity contribution in [2.75, 3.05) is 14.2 Å². The molecule has 1 aliphatic carbocycles. The van der Waals surface area contributed by atoms with Gasteiger partial charge in [-0.25, -0.2) is 4.98 Å². The summed E-state index contributed by atoms with van der Waals surface area (Å²) >= 11 is 0. The summed E-state index contributed by atoms with van der Waals surface area (Å²) in [7, 11) is 3.30. The molecule has 0 amide bonds. The molecule has 1 heterocycles. The molecule has 0 saturated heterocycles. The SMILES string of the molecule is COc1ccc(OC)c(-c2cnc(C(C)(N)C3CC3)[nH]2)c1. The van der Waals surface area contributed by atoms with E-state index in [2.05, 4.69) is 9.97 Å². The molecule has 1 saturated carbocycles. The van der Waals surface area contributed by atoms with E-state index >= 15 is 0 Å². The monoisotopic (exact) mass is 287 g/mol. The van der Waals surface area contributed by atoms with Gasteiger partial charge in [0.25, 0.3) is 0 Å². The van der Waals surface area contributed by atoms with E-state index in [4.69, 9.17) is 15.2 Å². The van der Waals surface area contributed by atoms with Gasteiger partial charge in [-0.3, -0.25) is 0 Å². The van der Waals surface area contributed by atoms with Crippen molar-refractivity contribution in [2.45, 2.75) is 25.3 Å². The van der Waals surface area contributed by atoms with Crippen molar-refractivity contribution in [3.05, 3.63) is 30.2 Å². The lowest BCUT2D eigenvalue weighted by Gasteiger charge is -2.21. The zero-order chi connectivity index (χ0) is 15.0. The Balaban J connectivity index is 1.99. The van der Waals surface area contributed by atoms with E-state index in [0.29, 0.717) is 5.92 Å². The van der Waals surface area contributed by atoms with Gasteiger partial charge in [-0.15, -0.1) is 0 Å². The first-order chi connectivity index (χ1) is 10.1. The van der Waals surface area contributed by atoms with Gasteiger partial charge in [-0.2, -0.15) is 0 Å². The molecule has 21 heavy (non-hydrogen) atoms. The van der Waals surface area contributed by atoms with Crippen LogP contribution in [0, 0.1) is 5.92 Å². The molecule has 1 fully saturated rings. The number of benzene rings is 1. The fraction of sp³-hybridized carbons (Fsp3) is 0.438. The minimum Gasteiger partial charge on any atom is -0.497 e. The van der Waals surface area contributed by atoms with E-state index < -0.39 is 5.54 Å². The topological polar surface area (TPSA) is 73.2 Å². The lowest BCUT2D eigenvalue weighted by Crippen LogP contribution is -2.36. The van der Waals surface area contributed by atoms with Crippen molar-refractivity contribution in [3.63, 3.8) is 0 Å². The molecule has 1 aliphatic rings. The Bertz CT molecular complexity index is 645. The van der Waals surface area contributed by atoms with Gasteiger partial charge in [0.15, 0.2) is 0 Å². The number of aromatic amines is 1. The fourth-order valence-electron chi connectivity index (χ4n) is 2.63. The van der Waals surface area contributed by atoms with Gasteiger partial charge in [-0.05, 0) is 43.9 Å². The number of nitrogens with one attached hydrogen (secondary N) is 1. The van der Waals surface area contributed by atoms with Gasteiger partial charge < -0.3 is 20.2 Å². The van der Waals surface area contributed by atoms with Crippen LogP contribution in [0.25, 0.3) is 11.3 Å². The Kier molecular flexibility index (Phi) is 3.37. The van der Waals surface area contributed by atoms with Crippen LogP contribution in [0.2, 0.25) is 0 Å². The molecule has 0 radical (unpaired) electrons. The summed E-state index contributed by atoms with van der Waals surface area (Å²) in [5.74, 6) is 2.89. The third kappa shape index (κ3) is 2.49. The van der Waals surface area contributed by atoms with Gasteiger partial charge >= 0.3 is 0 Å². The second-order valence-electron chi connectivity index (χ2n) is 5.77. The maximum Gasteiger partial charge on any atom is 0.128 e. The maximum absolute atomic E-state index is 6.41. The maximum atomic E-state index is 6.41. The third-order valence-electron chi connectivity index (χ3n) is 4.21. The number of aromatic nitrogens is 2. The Hall–Kier alpha value is -2.01. The average molecular weight is 287 g/mol. The van der Waals surface area contributed by atoms with Crippen LogP contribution in [0.5, 0.6) is 11.5 Å². The molecule has 0 bridgehead atoms. The van der Waals surface area contributed by atoms with E-state index in [1.165, 1.54) is 12.8 Å². The molecular weight excluding hydrogens is 266 g/mol. The van der Waals surface area contributed by atoms with Crippen LogP contribution in [0.4, 0.5) is 0 Å². The lowest BCUT2D eigenvalue weighted by atomic mass is 9.97. The van der Waals surface area contributed by atoms with E-state index in [1.54, 1.807) is 20.4 Å². The van der Waals surface area contributed by atoms with E-state index in [1.807, 2.05) is 25.1 Å². The summed E-state index contributed by atoms with van der Waals surface area (Å²) in [5, 5.41) is 0. The third-order valence-corrected chi connectivity index (χ3v) is 4.21. The van der Waals surface area contributed by atoms with Gasteiger partial charge in [0, 0.05) is 5.56 Å². The molecule has 5 heteroatoms. The van der Waals surface area contributed by atoms with Crippen molar-refractivity contribution in [2.24, 2.45) is 11.7 Å². The Labute approximate surface area is 124 Å². The molecule has 1 unspecified atom stereocenters. The highest BCUT2D eigenvalue weighted by Crippen LogP contribution is 2.43. The number of hydrogen-bond acceptors (Lipinski definition) is 4. The summed E-state index contributed by atoms with van der Waals surface area (Å²) in [6.45, 7) is 2.04. The van der Waals surface area contributed by atoms with Crippen LogP contribution in [-0.2, 0) is 5.54 Å². The number of ether oxygens (including phenoxy) is 2. The number of imidazole rings is 1. The molecule has 5 nitrogen and oxygen atoms in total. The number of methoxy groups -OCH3 is 2. The normalized spacial score (nSPS) is 17.3. The summed E-state index contributed by atoms with van der Waals surface area (Å²) < 4.78 is 10.7. The minimum absolute atomic E-state index is 0.398. The fourth-order valence-corrected chi connectivity index (χ4v) is 2.63. The van der Waals surface area contributed by atoms with Crippen LogP contribution < -0.4 is 15.2 Å². The first-order valence-electron chi connectivity index (χ1n) is 7.13. The number of nitrogens with two attached hydrogens (primary N) is 1. The van der Waals surface area contributed by atoms with Crippen LogP contribution >= 0.6 is 0 Å². The predicted molar refractivity (Wildman–Crippen MR) is 81.4 cm³/mol. The van der Waals surface area contributed by atoms with Gasteiger partial charge in [0.1, 0.15) is 17.3 Å². The van der Waals surface area contributed by atoms with E-state index in [0.717, 1.165) is 28.6 Å². The molecule has 3 N–H and O–H groups in total. The summed E-state index contributed by atoms with van der Waals surface area (Å²) in [6, 6.07) is 5.69. The molecule has 3 rings (SSSR count). The number of H-pyrrole nitrogens is 1. The summed E-state index contributed by atoms with van der Waals surface area (Å²) in [4.78, 5) is 7.82. The summed E-state index contributed by atoms with van der Waals surface area (Å²) in [6.07, 6.45) is 4.15. The van der Waals surface area contributed by atoms with Crippen molar-refractivity contribution >= 4 is 0 Å². The lowest BCUT2D eigenvalue weighted by molar-refractivity contribution is 0.402. The second kappa shape index (κ2) is 5.07. The van der Waals surface area contributed by atoms with Crippen molar-refractivity contribution in [3.8, 4) is 22.8 Å². The summed E-state index contributed by atoms with van der Waals surface area (Å²) in [5.41, 5.74) is 7.82. The van der Waals surface area contributed by atoms with E-state index in [9.17, 15) is 0 Å². The van der Waals surface area contributed by atoms with Crippen LogP contribution in [0.3, 0.4) is 0 Å². The highest BCUT2D eigenvalue weighted by molar-refractivity contribution is 5.68. The first-order valence-corrected chi connectivity index (χ1v) is 7.13. The van der Waals surface area contributed by atoms with Crippen molar-refractivity contribution < 1.29 is 9.47 Å². The minimum atomic E-state index is -0.398. The second-order valence-corrected chi connectivity index (χ2v) is 5.77. The molecule has 1 aromatic heterocycles. The van der Waals surface area contributed by atoms with Crippen LogP contribution in [-0.4, -0.2) is 24.2 Å². The molecule has 0 aliphatic heterocycles. The Morgan fingerprint density at radius 1 is 1.29 bits per heavy atom. The van der Waals surface area contributed by atoms with Crippen LogP contribution in [0.15, 0.2) is 24.4 Å². The van der Waals surface area contributed by atoms with Crippen LogP contribution in [0.1, 0.15) is 25.6 Å². The molecule has 1 aromatic carbocycles. The number of hydrogen-bond donors (Lipinski definition) is 2. The van der Waals surface area contributed by atoms with Gasteiger partial charge in [0.2, 0.25) is 0 Å². The van der Waals surface area contributed by atoms with E-state index in [-0.39, 0.29) is 0 Å². The zero-order valence-corrected chi connectivity index (χ0v) is 12.6. The molecule has 112 valence electrons. The molecule has 2 aromatic rings. The molecular formula is C16H21N3O2. The molecule has 0 spiro atoms. The standard InChI is InChI=1S/C16H21N3O2/c1-16(17,10-4-5-10)15-18-9-13(19-15)12-8-11(20-2)6-7-14(12)21-3/h6-10H,4-5,17H2,1-3H3,(H,18,19). The quantitative estimate of drug-likeness (QED) is 0.886.